The normalized spacial score (nSPS) is 13.1. The highest BCUT2D eigenvalue weighted by Crippen LogP contribution is 2.12. The van der Waals surface area contributed by atoms with Crippen molar-refractivity contribution < 1.29 is 5.11 Å². The summed E-state index contributed by atoms with van der Waals surface area (Å²) in [6.07, 6.45) is 22.1. The van der Waals surface area contributed by atoms with Gasteiger partial charge >= 0.3 is 0 Å². The van der Waals surface area contributed by atoms with E-state index in [1.165, 1.54) is 70.6 Å². The van der Waals surface area contributed by atoms with Gasteiger partial charge in [0.2, 0.25) is 0 Å². The summed E-state index contributed by atoms with van der Waals surface area (Å²) >= 11 is 3.48. The van der Waals surface area contributed by atoms with Crippen molar-refractivity contribution in [2.45, 2.75) is 103 Å². The Kier molecular flexibility index (Phi) is 18.4. The third-order valence-corrected chi connectivity index (χ3v) is 4.53. The zero-order valence-corrected chi connectivity index (χ0v) is 15.7. The second-order valence-corrected chi connectivity index (χ2v) is 6.94. The van der Waals surface area contributed by atoms with Crippen LogP contribution in [0.2, 0.25) is 0 Å². The van der Waals surface area contributed by atoms with E-state index >= 15 is 0 Å². The molecule has 0 radical (unpaired) electrons. The predicted molar refractivity (Wildman–Crippen MR) is 99.3 cm³/mol. The van der Waals surface area contributed by atoms with Crippen LogP contribution in [0, 0.1) is 0 Å². The van der Waals surface area contributed by atoms with Crippen molar-refractivity contribution in [2.75, 3.05) is 5.33 Å². The minimum absolute atomic E-state index is 0.213. The second-order valence-electron chi connectivity index (χ2n) is 6.15. The summed E-state index contributed by atoms with van der Waals surface area (Å²) < 4.78 is 0. The summed E-state index contributed by atoms with van der Waals surface area (Å²) in [4.78, 5) is 0. The average Bonchev–Trinajstić information content (AvgIpc) is 2.49. The molecule has 2 heteroatoms. The van der Waals surface area contributed by atoms with Crippen LogP contribution in [0.25, 0.3) is 0 Å². The molecule has 0 aromatic heterocycles. The van der Waals surface area contributed by atoms with Crippen molar-refractivity contribution >= 4 is 15.9 Å². The van der Waals surface area contributed by atoms with E-state index in [1.807, 2.05) is 6.08 Å². The fraction of sp³-hybridized carbons (Fsp3) is 0.895. The first-order chi connectivity index (χ1) is 10.3. The van der Waals surface area contributed by atoms with Crippen LogP contribution in [0.3, 0.4) is 0 Å². The molecule has 0 aromatic carbocycles. The molecule has 1 unspecified atom stereocenters. The molecular weight excluding hydrogens is 324 g/mol. The van der Waals surface area contributed by atoms with E-state index in [0.717, 1.165) is 24.6 Å². The van der Waals surface area contributed by atoms with E-state index in [1.54, 1.807) is 0 Å². The Morgan fingerprint density at radius 1 is 0.810 bits per heavy atom. The SMILES string of the molecule is CCCCC(O)C=CCCCCCCCCCCCCBr. The lowest BCUT2D eigenvalue weighted by Gasteiger charge is -2.03. The van der Waals surface area contributed by atoms with Gasteiger partial charge in [0.25, 0.3) is 0 Å². The molecule has 0 aliphatic heterocycles. The van der Waals surface area contributed by atoms with Gasteiger partial charge in [-0.2, -0.15) is 0 Å². The quantitative estimate of drug-likeness (QED) is 0.182. The molecule has 1 atom stereocenters. The third-order valence-electron chi connectivity index (χ3n) is 3.97. The summed E-state index contributed by atoms with van der Waals surface area (Å²) in [5, 5.41) is 10.8. The molecule has 0 aliphatic rings. The van der Waals surface area contributed by atoms with Crippen molar-refractivity contribution in [3.63, 3.8) is 0 Å². The topological polar surface area (TPSA) is 20.2 Å². The van der Waals surface area contributed by atoms with E-state index in [0.29, 0.717) is 0 Å². The van der Waals surface area contributed by atoms with Crippen LogP contribution in [-0.4, -0.2) is 16.5 Å². The Balaban J connectivity index is 3.13. The van der Waals surface area contributed by atoms with Crippen LogP contribution in [0.1, 0.15) is 96.8 Å². The van der Waals surface area contributed by atoms with Gasteiger partial charge in [-0.1, -0.05) is 99.2 Å². The molecular formula is C19H37BrO. The van der Waals surface area contributed by atoms with Crippen LogP contribution in [0.15, 0.2) is 12.2 Å². The molecule has 126 valence electrons. The minimum Gasteiger partial charge on any atom is -0.389 e. The summed E-state index contributed by atoms with van der Waals surface area (Å²) in [7, 11) is 0. The Morgan fingerprint density at radius 2 is 1.33 bits per heavy atom. The predicted octanol–water partition coefficient (Wildman–Crippen LogP) is 6.78. The standard InChI is InChI=1S/C19H37BrO/c1-2-3-16-19(21)17-14-12-10-8-6-4-5-7-9-11-13-15-18-20/h14,17,19,21H,2-13,15-16,18H2,1H3. The van der Waals surface area contributed by atoms with E-state index < -0.39 is 0 Å². The van der Waals surface area contributed by atoms with E-state index in [2.05, 4.69) is 28.9 Å². The van der Waals surface area contributed by atoms with E-state index in [9.17, 15) is 5.11 Å². The Hall–Kier alpha value is 0.180. The number of halogens is 1. The molecule has 0 saturated carbocycles. The number of allylic oxidation sites excluding steroid dienone is 1. The monoisotopic (exact) mass is 360 g/mol. The lowest BCUT2D eigenvalue weighted by Crippen LogP contribution is -2.00. The van der Waals surface area contributed by atoms with Crippen molar-refractivity contribution in [1.82, 2.24) is 0 Å². The van der Waals surface area contributed by atoms with E-state index in [-0.39, 0.29) is 6.10 Å². The molecule has 0 amide bonds. The van der Waals surface area contributed by atoms with Crippen LogP contribution in [0.5, 0.6) is 0 Å². The number of aliphatic hydroxyl groups is 1. The van der Waals surface area contributed by atoms with Gasteiger partial charge in [0, 0.05) is 5.33 Å². The smallest absolute Gasteiger partial charge is 0.0720 e. The van der Waals surface area contributed by atoms with Crippen molar-refractivity contribution in [1.29, 1.82) is 0 Å². The highest BCUT2D eigenvalue weighted by molar-refractivity contribution is 9.09. The molecule has 21 heavy (non-hydrogen) atoms. The Bertz CT molecular complexity index is 216. The van der Waals surface area contributed by atoms with Gasteiger partial charge in [0.05, 0.1) is 6.10 Å². The van der Waals surface area contributed by atoms with Crippen molar-refractivity contribution in [3.05, 3.63) is 12.2 Å². The molecule has 0 rings (SSSR count). The summed E-state index contributed by atoms with van der Waals surface area (Å²) in [5.74, 6) is 0. The maximum Gasteiger partial charge on any atom is 0.0720 e. The number of unbranched alkanes of at least 4 members (excludes halogenated alkanes) is 11. The molecule has 0 heterocycles. The molecule has 0 saturated heterocycles. The Morgan fingerprint density at radius 3 is 1.86 bits per heavy atom. The van der Waals surface area contributed by atoms with Gasteiger partial charge in [-0.3, -0.25) is 0 Å². The van der Waals surface area contributed by atoms with Crippen LogP contribution in [-0.2, 0) is 0 Å². The fourth-order valence-corrected chi connectivity index (χ4v) is 2.93. The molecule has 0 aromatic rings. The zero-order valence-electron chi connectivity index (χ0n) is 14.2. The third kappa shape index (κ3) is 18.1. The van der Waals surface area contributed by atoms with Gasteiger partial charge in [0.15, 0.2) is 0 Å². The van der Waals surface area contributed by atoms with Crippen molar-refractivity contribution in [2.24, 2.45) is 0 Å². The molecule has 1 N–H and O–H groups in total. The largest absolute Gasteiger partial charge is 0.389 e. The van der Waals surface area contributed by atoms with Gasteiger partial charge in [-0.25, -0.2) is 0 Å². The first-order valence-electron chi connectivity index (χ1n) is 9.22. The van der Waals surface area contributed by atoms with Crippen molar-refractivity contribution in [3.8, 4) is 0 Å². The summed E-state index contributed by atoms with van der Waals surface area (Å²) in [6.45, 7) is 2.17. The van der Waals surface area contributed by atoms with E-state index in [4.69, 9.17) is 0 Å². The number of alkyl halides is 1. The molecule has 1 nitrogen and oxygen atoms in total. The maximum atomic E-state index is 9.67. The average molecular weight is 361 g/mol. The lowest BCUT2D eigenvalue weighted by atomic mass is 10.1. The summed E-state index contributed by atoms with van der Waals surface area (Å²) in [5.41, 5.74) is 0. The summed E-state index contributed by atoms with van der Waals surface area (Å²) in [6, 6.07) is 0. The number of hydrogen-bond donors (Lipinski definition) is 1. The molecule has 0 aliphatic carbocycles. The highest BCUT2D eigenvalue weighted by atomic mass is 79.9. The first-order valence-corrected chi connectivity index (χ1v) is 10.3. The molecule has 0 fully saturated rings. The maximum absolute atomic E-state index is 9.67. The van der Waals surface area contributed by atoms with Gasteiger partial charge in [-0.05, 0) is 25.7 Å². The van der Waals surface area contributed by atoms with Gasteiger partial charge < -0.3 is 5.11 Å². The lowest BCUT2D eigenvalue weighted by molar-refractivity contribution is 0.209. The molecule has 0 bridgehead atoms. The zero-order chi connectivity index (χ0) is 15.6. The Labute approximate surface area is 141 Å². The van der Waals surface area contributed by atoms with Crippen LogP contribution < -0.4 is 0 Å². The van der Waals surface area contributed by atoms with Crippen LogP contribution in [0.4, 0.5) is 0 Å². The fourth-order valence-electron chi connectivity index (χ4n) is 2.53. The second kappa shape index (κ2) is 18.2. The van der Waals surface area contributed by atoms with Gasteiger partial charge in [0.1, 0.15) is 0 Å². The number of rotatable bonds is 16. The number of aliphatic hydroxyl groups excluding tert-OH is 1. The van der Waals surface area contributed by atoms with Gasteiger partial charge in [-0.15, -0.1) is 0 Å². The van der Waals surface area contributed by atoms with Crippen LogP contribution >= 0.6 is 15.9 Å². The minimum atomic E-state index is -0.213. The highest BCUT2D eigenvalue weighted by Gasteiger charge is 1.96. The molecule has 0 spiro atoms. The first kappa shape index (κ1) is 21.2. The number of hydrogen-bond acceptors (Lipinski definition) is 1.